The highest BCUT2D eigenvalue weighted by atomic mass is 19.4. The Balaban J connectivity index is 2.10. The van der Waals surface area contributed by atoms with Crippen molar-refractivity contribution in [2.75, 3.05) is 30.8 Å². The number of hydrogen-bond donors (Lipinski definition) is 1. The molecule has 1 saturated heterocycles. The van der Waals surface area contributed by atoms with Crippen LogP contribution in [-0.4, -0.2) is 26.4 Å². The Bertz CT molecular complexity index is 440. The average Bonchev–Trinajstić information content (AvgIpc) is 2.38. The van der Waals surface area contributed by atoms with E-state index in [1.807, 2.05) is 11.0 Å². The first-order valence-electron chi connectivity index (χ1n) is 6.17. The normalized spacial score (nSPS) is 17.6. The monoisotopic (exact) mass is 274 g/mol. The summed E-state index contributed by atoms with van der Waals surface area (Å²) in [5, 5.41) is 0. The summed E-state index contributed by atoms with van der Waals surface area (Å²) in [6.45, 7) is 0.725. The van der Waals surface area contributed by atoms with E-state index in [9.17, 15) is 13.2 Å². The first-order chi connectivity index (χ1) is 8.93. The molecule has 0 amide bonds. The lowest BCUT2D eigenvalue weighted by atomic mass is 9.96. The van der Waals surface area contributed by atoms with Gasteiger partial charge in [-0.2, -0.15) is 13.2 Å². The summed E-state index contributed by atoms with van der Waals surface area (Å²) < 4.78 is 42.9. The number of methoxy groups -OCH3 is 1. The zero-order valence-electron chi connectivity index (χ0n) is 10.7. The third-order valence-electron chi connectivity index (χ3n) is 3.56. The number of para-hydroxylation sites is 1. The average molecular weight is 274 g/mol. The first kappa shape index (κ1) is 13.8. The standard InChI is InChI=1S/C13H17F3N2O/c1-19-11-4-2-3-10(12(11)17)18-7-5-9(6-8-18)13(14,15)16/h2-4,9H,5-8,17H2,1H3. The molecule has 0 bridgehead atoms. The van der Waals surface area contributed by atoms with E-state index in [1.54, 1.807) is 12.1 Å². The smallest absolute Gasteiger partial charge is 0.391 e. The van der Waals surface area contributed by atoms with Gasteiger partial charge in [0.05, 0.1) is 24.4 Å². The molecule has 1 aliphatic heterocycles. The highest BCUT2D eigenvalue weighted by Gasteiger charge is 2.41. The highest BCUT2D eigenvalue weighted by Crippen LogP contribution is 2.38. The molecular formula is C13H17F3N2O. The van der Waals surface area contributed by atoms with Crippen LogP contribution in [0, 0.1) is 5.92 Å². The van der Waals surface area contributed by atoms with Crippen LogP contribution >= 0.6 is 0 Å². The molecule has 0 atom stereocenters. The van der Waals surface area contributed by atoms with E-state index >= 15 is 0 Å². The molecule has 0 aliphatic carbocycles. The van der Waals surface area contributed by atoms with Gasteiger partial charge in [-0.15, -0.1) is 0 Å². The van der Waals surface area contributed by atoms with Crippen molar-refractivity contribution in [1.29, 1.82) is 0 Å². The molecule has 3 nitrogen and oxygen atoms in total. The number of rotatable bonds is 2. The van der Waals surface area contributed by atoms with Crippen LogP contribution in [-0.2, 0) is 0 Å². The molecule has 0 radical (unpaired) electrons. The zero-order chi connectivity index (χ0) is 14.0. The van der Waals surface area contributed by atoms with Gasteiger partial charge < -0.3 is 15.4 Å². The van der Waals surface area contributed by atoms with E-state index in [2.05, 4.69) is 0 Å². The van der Waals surface area contributed by atoms with Crippen LogP contribution in [0.4, 0.5) is 24.5 Å². The van der Waals surface area contributed by atoms with Crippen LogP contribution in [0.25, 0.3) is 0 Å². The largest absolute Gasteiger partial charge is 0.495 e. The Kier molecular flexibility index (Phi) is 3.78. The number of halogens is 3. The lowest BCUT2D eigenvalue weighted by Gasteiger charge is -2.35. The van der Waals surface area contributed by atoms with Gasteiger partial charge in [-0.1, -0.05) is 6.07 Å². The van der Waals surface area contributed by atoms with Gasteiger partial charge in [-0.3, -0.25) is 0 Å². The Hall–Kier alpha value is -1.59. The molecule has 1 heterocycles. The van der Waals surface area contributed by atoms with Crippen molar-refractivity contribution in [3.05, 3.63) is 18.2 Å². The summed E-state index contributed by atoms with van der Waals surface area (Å²) in [6.07, 6.45) is -3.87. The summed E-state index contributed by atoms with van der Waals surface area (Å²) in [6, 6.07) is 5.34. The molecule has 0 aromatic heterocycles. The summed E-state index contributed by atoms with van der Waals surface area (Å²) in [7, 11) is 1.52. The van der Waals surface area contributed by atoms with E-state index in [1.165, 1.54) is 7.11 Å². The van der Waals surface area contributed by atoms with E-state index < -0.39 is 12.1 Å². The number of piperidine rings is 1. The molecule has 1 fully saturated rings. The number of nitrogen functional groups attached to an aromatic ring is 1. The predicted molar refractivity (Wildman–Crippen MR) is 68.4 cm³/mol. The molecule has 6 heteroatoms. The second-order valence-corrected chi connectivity index (χ2v) is 4.70. The molecule has 2 N–H and O–H groups in total. The topological polar surface area (TPSA) is 38.5 Å². The van der Waals surface area contributed by atoms with E-state index in [-0.39, 0.29) is 12.8 Å². The van der Waals surface area contributed by atoms with Crippen molar-refractivity contribution in [2.24, 2.45) is 5.92 Å². The number of benzene rings is 1. The van der Waals surface area contributed by atoms with Gasteiger partial charge in [0, 0.05) is 13.1 Å². The van der Waals surface area contributed by atoms with Crippen LogP contribution in [0.3, 0.4) is 0 Å². The number of anilines is 2. The van der Waals surface area contributed by atoms with Crippen molar-refractivity contribution in [3.63, 3.8) is 0 Å². The number of hydrogen-bond acceptors (Lipinski definition) is 3. The summed E-state index contributed by atoms with van der Waals surface area (Å²) in [5.74, 6) is -0.647. The molecule has 0 spiro atoms. The van der Waals surface area contributed by atoms with Gasteiger partial charge in [0.2, 0.25) is 0 Å². The Morgan fingerprint density at radius 3 is 2.42 bits per heavy atom. The van der Waals surface area contributed by atoms with Gasteiger partial charge >= 0.3 is 6.18 Å². The summed E-state index contributed by atoms with van der Waals surface area (Å²) in [4.78, 5) is 1.89. The van der Waals surface area contributed by atoms with Gasteiger partial charge in [-0.25, -0.2) is 0 Å². The summed E-state index contributed by atoms with van der Waals surface area (Å²) in [5.41, 5.74) is 7.19. The summed E-state index contributed by atoms with van der Waals surface area (Å²) >= 11 is 0. The van der Waals surface area contributed by atoms with E-state index in [0.29, 0.717) is 24.5 Å². The Labute approximate surface area is 110 Å². The lowest BCUT2D eigenvalue weighted by molar-refractivity contribution is -0.179. The van der Waals surface area contributed by atoms with Crippen LogP contribution in [0.2, 0.25) is 0 Å². The Morgan fingerprint density at radius 1 is 1.26 bits per heavy atom. The van der Waals surface area contributed by atoms with Gasteiger partial charge in [-0.05, 0) is 25.0 Å². The van der Waals surface area contributed by atoms with Crippen LogP contribution in [0.15, 0.2) is 18.2 Å². The van der Waals surface area contributed by atoms with Crippen molar-refractivity contribution >= 4 is 11.4 Å². The molecule has 1 aromatic carbocycles. The van der Waals surface area contributed by atoms with Gasteiger partial charge in [0.25, 0.3) is 0 Å². The first-order valence-corrected chi connectivity index (χ1v) is 6.17. The third kappa shape index (κ3) is 2.88. The van der Waals surface area contributed by atoms with Crippen LogP contribution < -0.4 is 15.4 Å². The van der Waals surface area contributed by atoms with Gasteiger partial charge in [0.15, 0.2) is 0 Å². The van der Waals surface area contributed by atoms with Gasteiger partial charge in [0.1, 0.15) is 5.75 Å². The fourth-order valence-corrected chi connectivity index (χ4v) is 2.43. The SMILES string of the molecule is COc1cccc(N2CCC(C(F)(F)F)CC2)c1N. The lowest BCUT2D eigenvalue weighted by Crippen LogP contribution is -2.39. The van der Waals surface area contributed by atoms with Crippen molar-refractivity contribution in [3.8, 4) is 5.75 Å². The molecule has 0 saturated carbocycles. The maximum Gasteiger partial charge on any atom is 0.391 e. The molecule has 2 rings (SSSR count). The second-order valence-electron chi connectivity index (χ2n) is 4.70. The molecule has 19 heavy (non-hydrogen) atoms. The van der Waals surface area contributed by atoms with Crippen molar-refractivity contribution in [1.82, 2.24) is 0 Å². The van der Waals surface area contributed by atoms with E-state index in [0.717, 1.165) is 5.69 Å². The van der Waals surface area contributed by atoms with Crippen molar-refractivity contribution < 1.29 is 17.9 Å². The molecular weight excluding hydrogens is 257 g/mol. The number of alkyl halides is 3. The minimum Gasteiger partial charge on any atom is -0.495 e. The Morgan fingerprint density at radius 2 is 1.89 bits per heavy atom. The minimum absolute atomic E-state index is 0.111. The molecule has 0 unspecified atom stereocenters. The molecule has 106 valence electrons. The molecule has 1 aromatic rings. The predicted octanol–water partition coefficient (Wildman–Crippen LogP) is 3.06. The van der Waals surface area contributed by atoms with Crippen molar-refractivity contribution in [2.45, 2.75) is 19.0 Å². The maximum atomic E-state index is 12.6. The maximum absolute atomic E-state index is 12.6. The second kappa shape index (κ2) is 5.19. The van der Waals surface area contributed by atoms with Crippen LogP contribution in [0.1, 0.15) is 12.8 Å². The fraction of sp³-hybridized carbons (Fsp3) is 0.538. The number of nitrogens with two attached hydrogens (primary N) is 1. The van der Waals surface area contributed by atoms with Crippen LogP contribution in [0.5, 0.6) is 5.75 Å². The quantitative estimate of drug-likeness (QED) is 0.842. The number of nitrogens with zero attached hydrogens (tertiary/aromatic N) is 1. The molecule has 1 aliphatic rings. The fourth-order valence-electron chi connectivity index (χ4n) is 2.43. The zero-order valence-corrected chi connectivity index (χ0v) is 10.7. The minimum atomic E-state index is -4.09. The highest BCUT2D eigenvalue weighted by molar-refractivity contribution is 5.74. The number of ether oxygens (including phenoxy) is 1. The third-order valence-corrected chi connectivity index (χ3v) is 3.56. The van der Waals surface area contributed by atoms with E-state index in [4.69, 9.17) is 10.5 Å².